The molecule has 12 aromatic carbocycles. The predicted octanol–water partition coefficient (Wildman–Crippen LogP) is 17.6. The van der Waals surface area contributed by atoms with Crippen molar-refractivity contribution in [2.75, 3.05) is 0 Å². The second-order valence-corrected chi connectivity index (χ2v) is 21.9. The van der Waals surface area contributed by atoms with Gasteiger partial charge in [-0.05, 0) is 66.8 Å². The van der Waals surface area contributed by atoms with E-state index in [1.807, 2.05) is 291 Å². The second kappa shape index (κ2) is 104. The second-order valence-electron chi connectivity index (χ2n) is 21.9. The summed E-state index contributed by atoms with van der Waals surface area (Å²) in [5, 5.41) is 0. The van der Waals surface area contributed by atoms with Crippen LogP contribution in [0.3, 0.4) is 0 Å². The Morgan fingerprint density at radius 2 is 0.170 bits per heavy atom. The summed E-state index contributed by atoms with van der Waals surface area (Å²) in [6.45, 7) is 58.5. The van der Waals surface area contributed by atoms with E-state index in [1.165, 1.54) is 0 Å². The number of ketones is 3. The van der Waals surface area contributed by atoms with Crippen molar-refractivity contribution < 1.29 is 186 Å². The minimum absolute atomic E-state index is 0. The molecule has 0 aromatic heterocycles. The number of Topliss-reactive ketones (excluding diaryl/α,β-unsaturated/α-hetero) is 3. The molecule has 0 unspecified atom stereocenters. The number of benzene rings is 12. The molecule has 0 spiro atoms. The number of carbonyl (C=O) groups is 3. The summed E-state index contributed by atoms with van der Waals surface area (Å²) >= 11 is 0. The molecule has 12 aromatic rings. The van der Waals surface area contributed by atoms with Gasteiger partial charge in [0.2, 0.25) is 0 Å². The van der Waals surface area contributed by atoms with Crippen molar-refractivity contribution in [2.45, 2.75) is 14.9 Å². The maximum atomic E-state index is 14.0. The molecule has 0 N–H and O–H groups in total. The van der Waals surface area contributed by atoms with Crippen molar-refractivity contribution in [3.63, 3.8) is 0 Å². The van der Waals surface area contributed by atoms with Gasteiger partial charge < -0.3 is 101 Å². The largest absolute Gasteiger partial charge is 5.00 e. The molecule has 0 fully saturated rings. The molecule has 0 saturated heterocycles. The van der Waals surface area contributed by atoms with Crippen LogP contribution >= 0.6 is 0 Å². The van der Waals surface area contributed by atoms with Crippen LogP contribution in [0.5, 0.6) is 0 Å². The van der Waals surface area contributed by atoms with Crippen molar-refractivity contribution in [1.82, 2.24) is 0 Å². The zero-order valence-electron chi connectivity index (χ0n) is 70.9. The third kappa shape index (κ3) is 45.4. The molecule has 2 radical (unpaired) electrons. The summed E-state index contributed by atoms with van der Waals surface area (Å²) in [6, 6.07) is 121. The van der Waals surface area contributed by atoms with Gasteiger partial charge in [-0.2, -0.15) is 0 Å². The Labute approximate surface area is 846 Å². The molecule has 26 heteroatoms. The fourth-order valence-electron chi connectivity index (χ4n) is 12.4. The summed E-state index contributed by atoms with van der Waals surface area (Å²) in [7, 11) is 0. The average molecular weight is 2020 g/mol. The van der Waals surface area contributed by atoms with Gasteiger partial charge in [-0.15, -0.1) is 0 Å². The fourth-order valence-corrected chi connectivity index (χ4v) is 12.4. The van der Waals surface area contributed by atoms with Gasteiger partial charge in [-0.1, -0.05) is 379 Å². The van der Waals surface area contributed by atoms with Crippen LogP contribution < -0.4 is 0 Å². The third-order valence-electron chi connectivity index (χ3n) is 16.4. The van der Waals surface area contributed by atoms with Gasteiger partial charge in [0.25, 0.3) is 0 Å². The third-order valence-corrected chi connectivity index (χ3v) is 16.4. The van der Waals surface area contributed by atoms with Crippen molar-refractivity contribution in [3.05, 3.63) is 446 Å². The number of hydrogen-bond donors (Lipinski definition) is 0. The zero-order valence-corrected chi connectivity index (χ0v) is 76.4. The van der Waals surface area contributed by atoms with Crippen LogP contribution in [0.1, 0.15) is 81.6 Å². The summed E-state index contributed by atoms with van der Waals surface area (Å²) in [6.07, 6.45) is 0. The van der Waals surface area contributed by atoms with E-state index in [0.717, 1.165) is 134 Å². The van der Waals surface area contributed by atoms with Crippen molar-refractivity contribution >= 4 is 206 Å². The molecule has 0 heterocycles. The smallest absolute Gasteiger partial charge is 0.545 e. The number of rotatable bonds is 12. The first-order valence-electron chi connectivity index (χ1n) is 34.5. The van der Waals surface area contributed by atoms with Gasteiger partial charge in [0.15, 0.2) is 17.3 Å². The van der Waals surface area contributed by atoms with E-state index < -0.39 is 0 Å². The van der Waals surface area contributed by atoms with Gasteiger partial charge in [0.05, 0.1) is 0 Å². The molecule has 694 valence electrons. The van der Waals surface area contributed by atoms with Crippen LogP contribution in [-0.2, 0) is 186 Å². The molecule has 3 aliphatic rings. The summed E-state index contributed by atoms with van der Waals surface area (Å²) in [5.74, 6) is 0.223. The molecule has 0 bridgehead atoms. The molecule has 0 saturated carbocycles. The zero-order chi connectivity index (χ0) is 97.0. The topological polar surface area (TPSA) is 358 Å². The van der Waals surface area contributed by atoms with Crippen molar-refractivity contribution in [3.8, 4) is 0 Å². The average Bonchev–Trinajstić information content (AvgIpc) is 1.60. The van der Waals surface area contributed by atoms with Crippen LogP contribution in [0.4, 0.5) is 0 Å². The SMILES string of the molecule is C.C.O=C1C(c2ccccc2)=C(c2ccccc2)C(c2ccccc2)=C1c1ccccc1.O=C1C(c2ccccc2)=C(c2ccccc2)C(c2ccccc2)=C1c1ccccc1.O=C1C(c2ccccc2)=C(c2ccccc2)C(c2ccccc2)=C1c1ccccc1.[CH-]=O.[CH-]=O.[CH-]=O.[CH-]=O.[CH-]=O.[CH-]=O.[CH-]=O.[CH-]=O.[CH-]=O.[CH-]=O.[CH-]=O.[CH-]=O.[CH-]=O.[CH-]=O.[CH-]=O.[CH-]=O.[CH-]=O.[CH-]=O.[CH3-].[CH3-].[Fe+3].[Fe+4].[Fe+4].[Fe+4].[Fe+5]. The maximum absolute atomic E-state index is 14.0. The van der Waals surface area contributed by atoms with E-state index in [-0.39, 0.29) is 132 Å². The summed E-state index contributed by atoms with van der Waals surface area (Å²) < 4.78 is 0. The predicted molar refractivity (Wildman–Crippen MR) is 521 cm³/mol. The maximum Gasteiger partial charge on any atom is 5.00 e. The first-order chi connectivity index (χ1) is 62.5. The van der Waals surface area contributed by atoms with E-state index >= 15 is 0 Å². The van der Waals surface area contributed by atoms with Crippen LogP contribution in [0.25, 0.3) is 66.9 Å². The van der Waals surface area contributed by atoms with Gasteiger partial charge in [0, 0.05) is 66.9 Å². The number of hydrogen-bond acceptors (Lipinski definition) is 21. The standard InChI is InChI=1S/3C29H20O.18CHO.2CH4.2CH3.5Fe/c3*30-29-27(23-17-9-3-10-18-23)25(21-13-5-1-6-14-21)26(22-15-7-2-8-16-22)28(29)24-19-11-4-12-20-24;18*1-2;;;;;;;;;/h3*1-20H;18*1H;2*1H4;2*1H3;;;;;/q;;;18*-1;;;2*-1;+3;3*+4;+5. The van der Waals surface area contributed by atoms with Crippen molar-refractivity contribution in [2.24, 2.45) is 0 Å². The van der Waals surface area contributed by atoms with E-state index in [9.17, 15) is 14.4 Å². The molecule has 3 aliphatic carbocycles. The van der Waals surface area contributed by atoms with E-state index in [4.69, 9.17) is 86.3 Å². The Hall–Kier alpha value is -15.3. The molecule has 21 nitrogen and oxygen atoms in total. The molecule has 0 amide bonds. The van der Waals surface area contributed by atoms with Gasteiger partial charge in [-0.3, -0.25) is 137 Å². The van der Waals surface area contributed by atoms with Crippen LogP contribution in [-0.4, -0.2) is 140 Å². The summed E-state index contributed by atoms with van der Waals surface area (Å²) in [5.41, 5.74) is 22.5. The molecule has 0 aliphatic heterocycles. The first kappa shape index (κ1) is 154. The van der Waals surface area contributed by atoms with Crippen LogP contribution in [0, 0.1) is 14.9 Å². The minimum atomic E-state index is 0. The van der Waals surface area contributed by atoms with E-state index in [2.05, 4.69) is 195 Å². The number of allylic oxidation sites excluding steroid dienone is 12. The Bertz CT molecular complexity index is 4310. The van der Waals surface area contributed by atoms with Crippen LogP contribution in [0.15, 0.2) is 364 Å². The Kier molecular flexibility index (Phi) is 119. The van der Waals surface area contributed by atoms with Gasteiger partial charge >= 0.3 is 85.3 Å². The van der Waals surface area contributed by atoms with Crippen molar-refractivity contribution in [1.29, 1.82) is 0 Å². The molecule has 0 atom stereocenters. The molecule has 15 rings (SSSR count). The molecule has 135 heavy (non-hydrogen) atoms. The summed E-state index contributed by atoms with van der Waals surface area (Å²) in [4.78, 5) is 181. The minimum Gasteiger partial charge on any atom is -0.545 e. The fraction of sp³-hybridized carbons (Fsp3) is 0.0183. The van der Waals surface area contributed by atoms with E-state index in [1.54, 1.807) is 0 Å². The first-order valence-corrected chi connectivity index (χ1v) is 34.5. The van der Waals surface area contributed by atoms with Gasteiger partial charge in [0.1, 0.15) is 0 Å². The van der Waals surface area contributed by atoms with Gasteiger partial charge in [-0.25, -0.2) is 0 Å². The Balaban J connectivity index is -0.000000102. The van der Waals surface area contributed by atoms with E-state index in [0.29, 0.717) is 0 Å². The Morgan fingerprint density at radius 1 is 0.119 bits per heavy atom. The monoisotopic (exact) mass is 2020 g/mol. The quantitative estimate of drug-likeness (QED) is 0.0623. The van der Waals surface area contributed by atoms with Crippen LogP contribution in [0.2, 0.25) is 0 Å². The molecular weight excluding hydrogens is 1920 g/mol. The Morgan fingerprint density at radius 3 is 0.230 bits per heavy atom. The molecular formula is C109H92Fe5O21. The normalized spacial score (nSPS) is 9.73. The number of carbonyl (C=O) groups excluding carboxylic acids is 21.